The summed E-state index contributed by atoms with van der Waals surface area (Å²) in [5.41, 5.74) is 2.28. The van der Waals surface area contributed by atoms with Gasteiger partial charge in [-0.05, 0) is 30.0 Å². The molecule has 2 rings (SSSR count). The smallest absolute Gasteiger partial charge is 0.222 e. The molecule has 4 heteroatoms. The molecule has 1 aromatic rings. The van der Waals surface area contributed by atoms with E-state index in [4.69, 9.17) is 9.84 Å². The van der Waals surface area contributed by atoms with Gasteiger partial charge >= 0.3 is 0 Å². The van der Waals surface area contributed by atoms with Crippen LogP contribution in [0.25, 0.3) is 0 Å². The summed E-state index contributed by atoms with van der Waals surface area (Å²) in [4.78, 5) is 11.2. The maximum atomic E-state index is 11.2. The van der Waals surface area contributed by atoms with Gasteiger partial charge in [0, 0.05) is 13.0 Å². The van der Waals surface area contributed by atoms with Crippen molar-refractivity contribution in [2.75, 3.05) is 13.2 Å². The van der Waals surface area contributed by atoms with Gasteiger partial charge in [-0.1, -0.05) is 12.1 Å². The Bertz CT molecular complexity index is 404. The molecule has 0 spiro atoms. The molecule has 0 aromatic heterocycles. The van der Waals surface area contributed by atoms with E-state index in [1.165, 1.54) is 5.56 Å². The maximum Gasteiger partial charge on any atom is 0.222 e. The summed E-state index contributed by atoms with van der Waals surface area (Å²) in [7, 11) is 0. The molecule has 92 valence electrons. The first-order valence-corrected chi connectivity index (χ1v) is 5.92. The average molecular weight is 235 g/mol. The summed E-state index contributed by atoms with van der Waals surface area (Å²) in [5.74, 6) is 0.836. The molecule has 0 saturated carbocycles. The van der Waals surface area contributed by atoms with E-state index >= 15 is 0 Å². The zero-order valence-electron chi connectivity index (χ0n) is 9.74. The lowest BCUT2D eigenvalue weighted by atomic mass is 10.0. The van der Waals surface area contributed by atoms with Crippen LogP contribution in [0.15, 0.2) is 18.2 Å². The number of benzene rings is 1. The second kappa shape index (κ2) is 5.68. The van der Waals surface area contributed by atoms with Crippen LogP contribution in [-0.2, 0) is 17.8 Å². The van der Waals surface area contributed by atoms with Gasteiger partial charge in [-0.3, -0.25) is 4.79 Å². The van der Waals surface area contributed by atoms with E-state index < -0.39 is 0 Å². The predicted molar refractivity (Wildman–Crippen MR) is 63.8 cm³/mol. The van der Waals surface area contributed by atoms with Crippen molar-refractivity contribution in [3.63, 3.8) is 0 Å². The molecule has 0 radical (unpaired) electrons. The van der Waals surface area contributed by atoms with Gasteiger partial charge in [0.25, 0.3) is 0 Å². The molecule has 0 aliphatic carbocycles. The minimum atomic E-state index is -0.124. The van der Waals surface area contributed by atoms with E-state index in [-0.39, 0.29) is 18.9 Å². The molecule has 4 nitrogen and oxygen atoms in total. The van der Waals surface area contributed by atoms with Gasteiger partial charge in [-0.25, -0.2) is 0 Å². The molecular weight excluding hydrogens is 218 g/mol. The first-order chi connectivity index (χ1) is 8.29. The Hall–Kier alpha value is -1.55. The highest BCUT2D eigenvalue weighted by Gasteiger charge is 2.10. The molecule has 2 N–H and O–H groups in total. The number of aliphatic hydroxyl groups is 1. The minimum absolute atomic E-state index is 0.107. The number of nitrogens with one attached hydrogen (secondary N) is 1. The number of hydrogen-bond acceptors (Lipinski definition) is 3. The van der Waals surface area contributed by atoms with Crippen molar-refractivity contribution in [2.45, 2.75) is 25.8 Å². The molecule has 17 heavy (non-hydrogen) atoms. The largest absolute Gasteiger partial charge is 0.493 e. The molecular formula is C13H17NO3. The Morgan fingerprint density at radius 1 is 1.47 bits per heavy atom. The number of carbonyl (C=O) groups is 1. The lowest BCUT2D eigenvalue weighted by Gasteiger charge is -2.18. The van der Waals surface area contributed by atoms with Crippen molar-refractivity contribution < 1.29 is 14.6 Å². The Kier molecular flexibility index (Phi) is 3.98. The Balaban J connectivity index is 1.95. The molecule has 0 bridgehead atoms. The third-order valence-electron chi connectivity index (χ3n) is 2.80. The van der Waals surface area contributed by atoms with Gasteiger partial charge in [-0.15, -0.1) is 0 Å². The monoisotopic (exact) mass is 235 g/mol. The topological polar surface area (TPSA) is 58.6 Å². The van der Waals surface area contributed by atoms with Crippen molar-refractivity contribution >= 4 is 5.91 Å². The maximum absolute atomic E-state index is 11.2. The second-order valence-corrected chi connectivity index (χ2v) is 4.14. The van der Waals surface area contributed by atoms with Gasteiger partial charge in [0.05, 0.1) is 13.2 Å². The number of fused-ring (bicyclic) bond motifs is 1. The number of aryl methyl sites for hydroxylation is 1. The molecule has 1 heterocycles. The zero-order chi connectivity index (χ0) is 12.1. The van der Waals surface area contributed by atoms with Crippen LogP contribution >= 0.6 is 0 Å². The van der Waals surface area contributed by atoms with Gasteiger partial charge in [0.15, 0.2) is 0 Å². The van der Waals surface area contributed by atoms with Crippen LogP contribution in [0.3, 0.4) is 0 Å². The molecule has 0 atom stereocenters. The highest BCUT2D eigenvalue weighted by atomic mass is 16.5. The third kappa shape index (κ3) is 3.20. The molecule has 0 saturated heterocycles. The average Bonchev–Trinajstić information content (AvgIpc) is 2.36. The van der Waals surface area contributed by atoms with Crippen molar-refractivity contribution in [1.82, 2.24) is 5.32 Å². The number of amides is 1. The number of ether oxygens (including phenoxy) is 1. The first-order valence-electron chi connectivity index (χ1n) is 5.92. The van der Waals surface area contributed by atoms with E-state index in [0.717, 1.165) is 30.8 Å². The third-order valence-corrected chi connectivity index (χ3v) is 2.80. The summed E-state index contributed by atoms with van der Waals surface area (Å²) in [6, 6.07) is 6.00. The summed E-state index contributed by atoms with van der Waals surface area (Å²) >= 11 is 0. The van der Waals surface area contributed by atoms with Crippen LogP contribution < -0.4 is 10.1 Å². The molecule has 1 amide bonds. The minimum Gasteiger partial charge on any atom is -0.493 e. The number of rotatable bonds is 4. The van der Waals surface area contributed by atoms with E-state index in [2.05, 4.69) is 11.4 Å². The summed E-state index contributed by atoms with van der Waals surface area (Å²) in [6.07, 6.45) is 2.25. The fourth-order valence-electron chi connectivity index (χ4n) is 1.91. The predicted octanol–water partition coefficient (Wildman–Crippen LogP) is 1.01. The lowest BCUT2D eigenvalue weighted by molar-refractivity contribution is -0.121. The summed E-state index contributed by atoms with van der Waals surface area (Å²) < 4.78 is 5.52. The number of hydrogen-bond donors (Lipinski definition) is 2. The van der Waals surface area contributed by atoms with Gasteiger partial charge in [0.1, 0.15) is 5.75 Å². The second-order valence-electron chi connectivity index (χ2n) is 4.14. The van der Waals surface area contributed by atoms with Gasteiger partial charge in [-0.2, -0.15) is 0 Å². The first kappa shape index (κ1) is 11.9. The standard InChI is InChI=1S/C13H17NO3/c15-6-5-13(16)14-9-10-3-4-12-11(8-10)2-1-7-17-12/h3-4,8,15H,1-2,5-7,9H2,(H,14,16). The molecule has 0 fully saturated rings. The molecule has 1 aromatic carbocycles. The Morgan fingerprint density at radius 2 is 2.35 bits per heavy atom. The fourth-order valence-corrected chi connectivity index (χ4v) is 1.91. The Labute approximate surface area is 101 Å². The fraction of sp³-hybridized carbons (Fsp3) is 0.462. The van der Waals surface area contributed by atoms with E-state index in [0.29, 0.717) is 6.54 Å². The quantitative estimate of drug-likeness (QED) is 0.819. The highest BCUT2D eigenvalue weighted by molar-refractivity contribution is 5.75. The SMILES string of the molecule is O=C(CCO)NCc1ccc2c(c1)CCCO2. The summed E-state index contributed by atoms with van der Waals surface area (Å²) in [6.45, 7) is 1.19. The van der Waals surface area contributed by atoms with Crippen LogP contribution in [0.5, 0.6) is 5.75 Å². The molecule has 1 aliphatic heterocycles. The van der Waals surface area contributed by atoms with Crippen LogP contribution in [0.2, 0.25) is 0 Å². The van der Waals surface area contributed by atoms with Crippen LogP contribution in [0.4, 0.5) is 0 Å². The van der Waals surface area contributed by atoms with Gasteiger partial charge < -0.3 is 15.2 Å². The molecule has 0 unspecified atom stereocenters. The Morgan fingerprint density at radius 3 is 3.18 bits per heavy atom. The highest BCUT2D eigenvalue weighted by Crippen LogP contribution is 2.25. The number of carbonyl (C=O) groups excluding carboxylic acids is 1. The van der Waals surface area contributed by atoms with E-state index in [9.17, 15) is 4.79 Å². The van der Waals surface area contributed by atoms with Crippen molar-refractivity contribution in [1.29, 1.82) is 0 Å². The van der Waals surface area contributed by atoms with Crippen LogP contribution in [-0.4, -0.2) is 24.2 Å². The summed E-state index contributed by atoms with van der Waals surface area (Å²) in [5, 5.41) is 11.4. The molecule has 1 aliphatic rings. The van der Waals surface area contributed by atoms with Crippen molar-refractivity contribution in [3.05, 3.63) is 29.3 Å². The van der Waals surface area contributed by atoms with E-state index in [1.54, 1.807) is 0 Å². The lowest BCUT2D eigenvalue weighted by Crippen LogP contribution is -2.23. The van der Waals surface area contributed by atoms with Crippen LogP contribution in [0, 0.1) is 0 Å². The van der Waals surface area contributed by atoms with Crippen LogP contribution in [0.1, 0.15) is 24.0 Å². The number of aliphatic hydroxyl groups excluding tert-OH is 1. The van der Waals surface area contributed by atoms with Crippen molar-refractivity contribution in [3.8, 4) is 5.75 Å². The normalized spacial score (nSPS) is 13.7. The van der Waals surface area contributed by atoms with E-state index in [1.807, 2.05) is 12.1 Å². The van der Waals surface area contributed by atoms with Crippen molar-refractivity contribution in [2.24, 2.45) is 0 Å². The zero-order valence-corrected chi connectivity index (χ0v) is 9.74. The van der Waals surface area contributed by atoms with Gasteiger partial charge in [0.2, 0.25) is 5.91 Å².